The van der Waals surface area contributed by atoms with Crippen molar-refractivity contribution in [3.63, 3.8) is 0 Å². The molecule has 168 valence electrons. The zero-order valence-electron chi connectivity index (χ0n) is 18.4. The Morgan fingerprint density at radius 2 is 1.81 bits per heavy atom. The van der Waals surface area contributed by atoms with Gasteiger partial charge in [0.25, 0.3) is 0 Å². The molecule has 1 heterocycles. The number of piperidine rings is 1. The molecular weight excluding hydrogens is 412 g/mol. The first-order chi connectivity index (χ1) is 15.2. The summed E-state index contributed by atoms with van der Waals surface area (Å²) in [5.41, 5.74) is 2.30. The third kappa shape index (κ3) is 7.42. The Hall–Kier alpha value is -2.28. The number of para-hydroxylation sites is 1. The molecule has 0 atom stereocenters. The summed E-state index contributed by atoms with van der Waals surface area (Å²) < 4.78 is 11.1. The number of nitrogens with one attached hydrogen (secondary N) is 2. The van der Waals surface area contributed by atoms with Crippen molar-refractivity contribution < 1.29 is 9.47 Å². The van der Waals surface area contributed by atoms with Crippen molar-refractivity contribution in [3.8, 4) is 5.75 Å². The zero-order chi connectivity index (χ0) is 21.9. The van der Waals surface area contributed by atoms with Crippen LogP contribution in [0.1, 0.15) is 24.0 Å². The quantitative estimate of drug-likeness (QED) is 0.456. The van der Waals surface area contributed by atoms with Crippen LogP contribution in [-0.4, -0.2) is 57.3 Å². The van der Waals surface area contributed by atoms with Gasteiger partial charge in [-0.05, 0) is 36.1 Å². The number of rotatable bonds is 9. The molecule has 7 heteroatoms. The van der Waals surface area contributed by atoms with Crippen LogP contribution in [0.4, 0.5) is 0 Å². The second-order valence-electron chi connectivity index (χ2n) is 7.67. The van der Waals surface area contributed by atoms with Crippen molar-refractivity contribution in [1.82, 2.24) is 15.5 Å². The van der Waals surface area contributed by atoms with Gasteiger partial charge in [0.2, 0.25) is 0 Å². The molecule has 2 aromatic rings. The van der Waals surface area contributed by atoms with Gasteiger partial charge in [0.15, 0.2) is 5.96 Å². The van der Waals surface area contributed by atoms with E-state index >= 15 is 0 Å². The second-order valence-corrected chi connectivity index (χ2v) is 8.07. The number of hydrogen-bond donors (Lipinski definition) is 2. The number of likely N-dealkylation sites (tertiary alicyclic amines) is 1. The lowest BCUT2D eigenvalue weighted by molar-refractivity contribution is 0.128. The Morgan fingerprint density at radius 1 is 1.10 bits per heavy atom. The van der Waals surface area contributed by atoms with Crippen LogP contribution in [0.3, 0.4) is 0 Å². The van der Waals surface area contributed by atoms with Crippen LogP contribution in [0, 0.1) is 0 Å². The first-order valence-electron chi connectivity index (χ1n) is 10.8. The maximum absolute atomic E-state index is 6.21. The number of halogens is 1. The van der Waals surface area contributed by atoms with Gasteiger partial charge in [-0.25, -0.2) is 0 Å². The number of nitrogens with zero attached hydrogens (tertiary/aromatic N) is 2. The van der Waals surface area contributed by atoms with Gasteiger partial charge in [0.05, 0.1) is 11.6 Å². The average Bonchev–Trinajstić information content (AvgIpc) is 2.81. The zero-order valence-corrected chi connectivity index (χ0v) is 19.2. The summed E-state index contributed by atoms with van der Waals surface area (Å²) >= 11 is 6.21. The van der Waals surface area contributed by atoms with E-state index in [1.54, 1.807) is 7.11 Å². The van der Waals surface area contributed by atoms with E-state index in [0.29, 0.717) is 30.0 Å². The largest absolute Gasteiger partial charge is 0.487 e. The molecule has 1 saturated heterocycles. The Balaban J connectivity index is 1.49. The summed E-state index contributed by atoms with van der Waals surface area (Å²) in [7, 11) is 3.57. The maximum atomic E-state index is 6.21. The van der Waals surface area contributed by atoms with Crippen LogP contribution in [0.15, 0.2) is 53.5 Å². The predicted octanol–water partition coefficient (Wildman–Crippen LogP) is 3.69. The molecule has 1 aliphatic rings. The fourth-order valence-electron chi connectivity index (χ4n) is 3.68. The highest BCUT2D eigenvalue weighted by atomic mass is 35.5. The molecule has 0 radical (unpaired) electrons. The van der Waals surface area contributed by atoms with E-state index in [9.17, 15) is 0 Å². The number of hydrogen-bond acceptors (Lipinski definition) is 4. The lowest BCUT2D eigenvalue weighted by atomic mass is 10.1. The van der Waals surface area contributed by atoms with E-state index < -0.39 is 0 Å². The minimum absolute atomic E-state index is 0.434. The Kier molecular flexibility index (Phi) is 9.46. The molecule has 3 rings (SSSR count). The van der Waals surface area contributed by atoms with Gasteiger partial charge >= 0.3 is 0 Å². The van der Waals surface area contributed by atoms with Gasteiger partial charge in [0, 0.05) is 46.4 Å². The molecule has 2 N–H and O–H groups in total. The van der Waals surface area contributed by atoms with Crippen LogP contribution in [0.25, 0.3) is 0 Å². The predicted molar refractivity (Wildman–Crippen MR) is 127 cm³/mol. The Morgan fingerprint density at radius 3 is 2.52 bits per heavy atom. The van der Waals surface area contributed by atoms with E-state index in [-0.39, 0.29) is 0 Å². The van der Waals surface area contributed by atoms with Crippen LogP contribution in [0.5, 0.6) is 5.75 Å². The fraction of sp³-hybridized carbons (Fsp3) is 0.458. The van der Waals surface area contributed by atoms with E-state index in [0.717, 1.165) is 50.6 Å². The third-order valence-corrected chi connectivity index (χ3v) is 5.86. The third-order valence-electron chi connectivity index (χ3n) is 5.55. The summed E-state index contributed by atoms with van der Waals surface area (Å²) in [5.74, 6) is 1.53. The number of guanidine groups is 1. The molecule has 31 heavy (non-hydrogen) atoms. The molecule has 1 fully saturated rings. The van der Waals surface area contributed by atoms with Gasteiger partial charge in [-0.3, -0.25) is 4.99 Å². The maximum Gasteiger partial charge on any atom is 0.191 e. The molecule has 0 aliphatic carbocycles. The van der Waals surface area contributed by atoms with Crippen molar-refractivity contribution in [1.29, 1.82) is 0 Å². The fourth-order valence-corrected chi connectivity index (χ4v) is 3.87. The summed E-state index contributed by atoms with van der Waals surface area (Å²) in [6.45, 7) is 5.10. The van der Waals surface area contributed by atoms with Gasteiger partial charge in [-0.1, -0.05) is 48.0 Å². The van der Waals surface area contributed by atoms with Crippen molar-refractivity contribution in [2.45, 2.75) is 32.0 Å². The standard InChI is InChI=1S/C24H33ClN4O2/c1-26-24(28-21-11-13-29(14-12-21)15-16-30-2)27-17-19-7-3-4-8-20(19)18-31-23-10-6-5-9-22(23)25/h3-10,21H,11-18H2,1-2H3,(H2,26,27,28). The lowest BCUT2D eigenvalue weighted by Crippen LogP contribution is -2.48. The van der Waals surface area contributed by atoms with Gasteiger partial charge in [-0.15, -0.1) is 0 Å². The molecule has 0 bridgehead atoms. The molecule has 0 aromatic heterocycles. The van der Waals surface area contributed by atoms with E-state index in [1.807, 2.05) is 43.4 Å². The molecule has 2 aromatic carbocycles. The highest BCUT2D eigenvalue weighted by Crippen LogP contribution is 2.24. The summed E-state index contributed by atoms with van der Waals surface area (Å²) in [6.07, 6.45) is 2.21. The molecule has 1 aliphatic heterocycles. The summed E-state index contributed by atoms with van der Waals surface area (Å²) in [6, 6.07) is 16.2. The minimum Gasteiger partial charge on any atom is -0.487 e. The molecule has 0 saturated carbocycles. The minimum atomic E-state index is 0.434. The van der Waals surface area contributed by atoms with Gasteiger partial charge in [0.1, 0.15) is 12.4 Å². The number of aliphatic imine (C=N–C) groups is 1. The second kappa shape index (κ2) is 12.5. The van der Waals surface area contributed by atoms with E-state index in [2.05, 4.69) is 32.7 Å². The monoisotopic (exact) mass is 444 g/mol. The van der Waals surface area contributed by atoms with Gasteiger partial charge in [-0.2, -0.15) is 0 Å². The molecule has 6 nitrogen and oxygen atoms in total. The Bertz CT molecular complexity index is 838. The SMILES string of the molecule is CN=C(NCc1ccccc1COc1ccccc1Cl)NC1CCN(CCOC)CC1. The molecule has 0 amide bonds. The van der Waals surface area contributed by atoms with Crippen LogP contribution in [-0.2, 0) is 17.9 Å². The van der Waals surface area contributed by atoms with Crippen LogP contribution < -0.4 is 15.4 Å². The summed E-state index contributed by atoms with van der Waals surface area (Å²) in [5, 5.41) is 7.64. The normalized spacial score (nSPS) is 15.6. The smallest absolute Gasteiger partial charge is 0.191 e. The average molecular weight is 445 g/mol. The van der Waals surface area contributed by atoms with Crippen LogP contribution in [0.2, 0.25) is 5.02 Å². The highest BCUT2D eigenvalue weighted by Gasteiger charge is 2.19. The van der Waals surface area contributed by atoms with Crippen molar-refractivity contribution in [3.05, 3.63) is 64.7 Å². The van der Waals surface area contributed by atoms with Crippen molar-refractivity contribution in [2.24, 2.45) is 4.99 Å². The Labute approximate surface area is 190 Å². The molecular formula is C24H33ClN4O2. The highest BCUT2D eigenvalue weighted by molar-refractivity contribution is 6.32. The number of methoxy groups -OCH3 is 1. The lowest BCUT2D eigenvalue weighted by Gasteiger charge is -2.32. The molecule has 0 spiro atoms. The number of benzene rings is 2. The van der Waals surface area contributed by atoms with Crippen molar-refractivity contribution in [2.75, 3.05) is 40.4 Å². The van der Waals surface area contributed by atoms with Gasteiger partial charge < -0.3 is 25.0 Å². The number of ether oxygens (including phenoxy) is 2. The van der Waals surface area contributed by atoms with E-state index in [4.69, 9.17) is 21.1 Å². The first kappa shape index (κ1) is 23.4. The first-order valence-corrected chi connectivity index (χ1v) is 11.2. The summed E-state index contributed by atoms with van der Waals surface area (Å²) in [4.78, 5) is 6.86. The van der Waals surface area contributed by atoms with Crippen molar-refractivity contribution >= 4 is 17.6 Å². The van der Waals surface area contributed by atoms with E-state index in [1.165, 1.54) is 5.56 Å². The van der Waals surface area contributed by atoms with Crippen LogP contribution >= 0.6 is 11.6 Å². The molecule has 0 unspecified atom stereocenters. The topological polar surface area (TPSA) is 58.1 Å².